The van der Waals surface area contributed by atoms with Gasteiger partial charge in [0.05, 0.1) is 8.93 Å². The van der Waals surface area contributed by atoms with Crippen molar-refractivity contribution in [1.82, 2.24) is 5.43 Å². The van der Waals surface area contributed by atoms with Gasteiger partial charge in [0, 0.05) is 0 Å². The van der Waals surface area contributed by atoms with E-state index in [9.17, 15) is 0 Å². The topological polar surface area (TPSA) is 38.0 Å². The zero-order valence-electron chi connectivity index (χ0n) is 10.6. The van der Waals surface area contributed by atoms with Gasteiger partial charge in [0.25, 0.3) is 0 Å². The quantitative estimate of drug-likeness (QED) is 0.472. The van der Waals surface area contributed by atoms with Crippen LogP contribution >= 0.6 is 33.9 Å². The van der Waals surface area contributed by atoms with Crippen molar-refractivity contribution in [1.29, 1.82) is 0 Å². The number of nitrogens with two attached hydrogens (primary N) is 1. The summed E-state index contributed by atoms with van der Waals surface area (Å²) in [4.78, 5) is 0. The maximum Gasteiger partial charge on any atom is 0.0718 e. The molecule has 1 unspecified atom stereocenters. The highest BCUT2D eigenvalue weighted by atomic mass is 127. The van der Waals surface area contributed by atoms with Gasteiger partial charge in [0.15, 0.2) is 0 Å². The smallest absolute Gasteiger partial charge is 0.0718 e. The molecule has 1 aromatic heterocycles. The molecule has 1 fully saturated rings. The second-order valence-electron chi connectivity index (χ2n) is 5.08. The van der Waals surface area contributed by atoms with Crippen molar-refractivity contribution >= 4 is 33.9 Å². The summed E-state index contributed by atoms with van der Waals surface area (Å²) in [6, 6.07) is 11.2. The second kappa shape index (κ2) is 5.91. The molecule has 3 N–H and O–H groups in total. The van der Waals surface area contributed by atoms with Crippen LogP contribution in [-0.4, -0.2) is 0 Å². The molecule has 1 aliphatic rings. The second-order valence-corrected chi connectivity index (χ2v) is 7.89. The molecule has 19 heavy (non-hydrogen) atoms. The van der Waals surface area contributed by atoms with Gasteiger partial charge in [0.1, 0.15) is 0 Å². The summed E-state index contributed by atoms with van der Waals surface area (Å²) in [5.74, 6) is 6.54. The molecular formula is C15H17IN2S. The molecule has 100 valence electrons. The first-order chi connectivity index (χ1) is 9.28. The van der Waals surface area contributed by atoms with Gasteiger partial charge in [-0.1, -0.05) is 30.7 Å². The van der Waals surface area contributed by atoms with Crippen molar-refractivity contribution in [2.45, 2.75) is 31.2 Å². The van der Waals surface area contributed by atoms with E-state index in [0.29, 0.717) is 0 Å². The third kappa shape index (κ3) is 2.86. The third-order valence-electron chi connectivity index (χ3n) is 3.91. The first-order valence-electron chi connectivity index (χ1n) is 6.58. The number of hydrazine groups is 1. The lowest BCUT2D eigenvalue weighted by atomic mass is 9.79. The van der Waals surface area contributed by atoms with Gasteiger partial charge in [0.2, 0.25) is 0 Å². The summed E-state index contributed by atoms with van der Waals surface area (Å²) in [6.45, 7) is 0. The molecule has 1 aromatic carbocycles. The number of nitrogens with one attached hydrogen (secondary N) is 1. The lowest BCUT2D eigenvalue weighted by Crippen LogP contribution is -2.28. The van der Waals surface area contributed by atoms with Crippen LogP contribution in [0, 0.1) is 2.88 Å². The van der Waals surface area contributed by atoms with Crippen LogP contribution < -0.4 is 11.3 Å². The number of hydrogen-bond acceptors (Lipinski definition) is 3. The number of halogens is 1. The zero-order chi connectivity index (χ0) is 13.2. The Labute approximate surface area is 131 Å². The largest absolute Gasteiger partial charge is 0.271 e. The van der Waals surface area contributed by atoms with E-state index in [1.807, 2.05) is 0 Å². The van der Waals surface area contributed by atoms with Crippen LogP contribution in [0.4, 0.5) is 0 Å². The summed E-state index contributed by atoms with van der Waals surface area (Å²) in [7, 11) is 0. The molecule has 0 saturated heterocycles. The minimum Gasteiger partial charge on any atom is -0.271 e. The Bertz CT molecular complexity index is 563. The van der Waals surface area contributed by atoms with E-state index >= 15 is 0 Å². The Morgan fingerprint density at radius 2 is 2.11 bits per heavy atom. The van der Waals surface area contributed by atoms with Crippen molar-refractivity contribution in [2.24, 2.45) is 5.84 Å². The maximum atomic E-state index is 5.77. The normalized spacial score (nSPS) is 17.2. The molecule has 3 rings (SSSR count). The first-order valence-corrected chi connectivity index (χ1v) is 8.53. The minimum absolute atomic E-state index is 0.0970. The van der Waals surface area contributed by atoms with Gasteiger partial charge in [-0.3, -0.25) is 5.84 Å². The van der Waals surface area contributed by atoms with E-state index in [-0.39, 0.29) is 6.04 Å². The molecule has 0 amide bonds. The molecule has 4 heteroatoms. The van der Waals surface area contributed by atoms with Gasteiger partial charge < -0.3 is 0 Å². The van der Waals surface area contributed by atoms with E-state index in [1.54, 1.807) is 11.3 Å². The summed E-state index contributed by atoms with van der Waals surface area (Å²) >= 11 is 4.11. The Balaban J connectivity index is 1.90. The van der Waals surface area contributed by atoms with E-state index in [4.69, 9.17) is 5.84 Å². The average molecular weight is 384 g/mol. The van der Waals surface area contributed by atoms with Crippen molar-refractivity contribution in [3.8, 4) is 0 Å². The van der Waals surface area contributed by atoms with Gasteiger partial charge in [-0.05, 0) is 69.5 Å². The van der Waals surface area contributed by atoms with Crippen molar-refractivity contribution in [3.05, 3.63) is 55.3 Å². The highest BCUT2D eigenvalue weighted by molar-refractivity contribution is 14.1. The van der Waals surface area contributed by atoms with Crippen LogP contribution in [-0.2, 0) is 0 Å². The van der Waals surface area contributed by atoms with Crippen LogP contribution in [0.1, 0.15) is 47.9 Å². The Morgan fingerprint density at radius 1 is 1.26 bits per heavy atom. The minimum atomic E-state index is 0.0970. The van der Waals surface area contributed by atoms with Gasteiger partial charge in [-0.25, -0.2) is 5.43 Å². The highest BCUT2D eigenvalue weighted by Gasteiger charge is 2.21. The van der Waals surface area contributed by atoms with Crippen LogP contribution in [0.5, 0.6) is 0 Å². The average Bonchev–Trinajstić information content (AvgIpc) is 2.75. The van der Waals surface area contributed by atoms with Crippen LogP contribution in [0.25, 0.3) is 0 Å². The molecule has 0 spiro atoms. The number of rotatable bonds is 4. The van der Waals surface area contributed by atoms with Gasteiger partial charge in [-0.15, -0.1) is 11.3 Å². The van der Waals surface area contributed by atoms with Crippen LogP contribution in [0.3, 0.4) is 0 Å². The molecule has 2 nitrogen and oxygen atoms in total. The molecule has 0 bridgehead atoms. The van der Waals surface area contributed by atoms with E-state index in [0.717, 1.165) is 5.92 Å². The van der Waals surface area contributed by atoms with Crippen molar-refractivity contribution in [2.75, 3.05) is 0 Å². The van der Waals surface area contributed by atoms with Crippen LogP contribution in [0.15, 0.2) is 35.7 Å². The van der Waals surface area contributed by atoms with Crippen molar-refractivity contribution < 1.29 is 0 Å². The van der Waals surface area contributed by atoms with Crippen molar-refractivity contribution in [3.63, 3.8) is 0 Å². The third-order valence-corrected chi connectivity index (χ3v) is 5.72. The molecule has 0 aliphatic heterocycles. The summed E-state index contributed by atoms with van der Waals surface area (Å²) in [5.41, 5.74) is 6.94. The van der Waals surface area contributed by atoms with Gasteiger partial charge in [-0.2, -0.15) is 0 Å². The Morgan fingerprint density at radius 3 is 2.68 bits per heavy atom. The Kier molecular flexibility index (Phi) is 4.21. The number of thiophene rings is 1. The predicted octanol–water partition coefficient (Wildman–Crippen LogP) is 4.17. The van der Waals surface area contributed by atoms with E-state index in [1.165, 1.54) is 38.8 Å². The highest BCUT2D eigenvalue weighted by Crippen LogP contribution is 2.37. The zero-order valence-corrected chi connectivity index (χ0v) is 13.6. The lowest BCUT2D eigenvalue weighted by Gasteiger charge is -2.27. The molecule has 2 aromatic rings. The first kappa shape index (κ1) is 13.5. The molecule has 1 saturated carbocycles. The van der Waals surface area contributed by atoms with E-state index < -0.39 is 0 Å². The molecule has 1 heterocycles. The number of benzene rings is 1. The van der Waals surface area contributed by atoms with Gasteiger partial charge >= 0.3 is 0 Å². The molecule has 1 aliphatic carbocycles. The monoisotopic (exact) mass is 384 g/mol. The fraction of sp³-hybridized carbons (Fsp3) is 0.333. The van der Waals surface area contributed by atoms with Crippen LogP contribution in [0.2, 0.25) is 0 Å². The molecular weight excluding hydrogens is 367 g/mol. The summed E-state index contributed by atoms with van der Waals surface area (Å²) in [6.07, 6.45) is 4.04. The van der Waals surface area contributed by atoms with E-state index in [2.05, 4.69) is 63.7 Å². The Hall–Kier alpha value is -0.430. The lowest BCUT2D eigenvalue weighted by molar-refractivity contribution is 0.419. The molecule has 1 atom stereocenters. The fourth-order valence-electron chi connectivity index (χ4n) is 2.59. The summed E-state index contributed by atoms with van der Waals surface area (Å²) < 4.78 is 1.29. The number of hydrogen-bond donors (Lipinski definition) is 2. The fourth-order valence-corrected chi connectivity index (χ4v) is 3.99. The maximum absolute atomic E-state index is 5.77. The summed E-state index contributed by atoms with van der Waals surface area (Å²) in [5, 5.41) is 2.18. The molecule has 0 radical (unpaired) electrons. The SMILES string of the molecule is NNC(c1cccc(C2CCC2)c1)c1csc(I)c1. The standard InChI is InChI=1S/C15H17IN2S/c16-14-8-13(9-19-14)15(18-17)12-6-2-5-11(7-12)10-3-1-4-10/h2,5-10,15,18H,1,3-4,17H2. The predicted molar refractivity (Wildman–Crippen MR) is 89.2 cm³/mol.